The maximum absolute atomic E-state index is 3.39. The molecule has 0 fully saturated rings. The van der Waals surface area contributed by atoms with Crippen LogP contribution in [0.15, 0.2) is 48.5 Å². The van der Waals surface area contributed by atoms with Crippen LogP contribution >= 0.6 is 0 Å². The Morgan fingerprint density at radius 2 is 1.38 bits per heavy atom. The Kier molecular flexibility index (Phi) is 2.07. The van der Waals surface area contributed by atoms with Crippen molar-refractivity contribution >= 4 is 21.8 Å². The van der Waals surface area contributed by atoms with Crippen LogP contribution in [0.2, 0.25) is 0 Å². The fourth-order valence-corrected chi connectivity index (χ4v) is 2.25. The van der Waals surface area contributed by atoms with E-state index in [1.54, 1.807) is 0 Å². The largest absolute Gasteiger partial charge is 0.326 e. The zero-order valence-corrected chi connectivity index (χ0v) is 9.27. The third kappa shape index (κ3) is 1.20. The van der Waals surface area contributed by atoms with Crippen molar-refractivity contribution in [2.45, 2.75) is 6.92 Å². The van der Waals surface area contributed by atoms with Crippen molar-refractivity contribution in [3.8, 4) is 0 Å². The molecule has 0 bridgehead atoms. The summed E-state index contributed by atoms with van der Waals surface area (Å²) in [7, 11) is 0. The van der Waals surface area contributed by atoms with Crippen LogP contribution in [0.25, 0.3) is 21.8 Å². The minimum absolute atomic E-state index is 0.919. The molecule has 0 amide bonds. The molecule has 0 saturated carbocycles. The van der Waals surface area contributed by atoms with Gasteiger partial charge in [-0.25, -0.2) is 0 Å². The highest BCUT2D eigenvalue weighted by atomic mass is 15.4. The normalized spacial score (nSPS) is 11.1. The van der Waals surface area contributed by atoms with Gasteiger partial charge in [-0.2, -0.15) is 0 Å². The van der Waals surface area contributed by atoms with E-state index < -0.39 is 0 Å². The first-order valence-electron chi connectivity index (χ1n) is 5.64. The van der Waals surface area contributed by atoms with E-state index in [9.17, 15) is 0 Å². The Labute approximate surface area is 94.5 Å². The number of nitrogens with one attached hydrogen (secondary N) is 1. The van der Waals surface area contributed by atoms with Gasteiger partial charge in [0.15, 0.2) is 0 Å². The summed E-state index contributed by atoms with van der Waals surface area (Å²) in [5, 5.41) is 2.61. The molecule has 0 saturated heterocycles. The van der Waals surface area contributed by atoms with Crippen LogP contribution in [0, 0.1) is 0 Å². The van der Waals surface area contributed by atoms with E-state index >= 15 is 0 Å². The zero-order chi connectivity index (χ0) is 11.0. The first-order chi connectivity index (χ1) is 7.92. The molecular weight excluding hydrogens is 196 g/mol. The fraction of sp³-hybridized carbons (Fsp3) is 0.143. The van der Waals surface area contributed by atoms with Crippen LogP contribution in [0.5, 0.6) is 0 Å². The molecule has 3 rings (SSSR count). The SMILES string of the molecule is CCNn1c2ccccc2c2ccccc21. The number of fused-ring (bicyclic) bond motifs is 3. The van der Waals surface area contributed by atoms with Gasteiger partial charge in [-0.3, -0.25) is 4.68 Å². The maximum atomic E-state index is 3.39. The number of hydrogen-bond acceptors (Lipinski definition) is 1. The Morgan fingerprint density at radius 3 is 1.88 bits per heavy atom. The summed E-state index contributed by atoms with van der Waals surface area (Å²) in [6.07, 6.45) is 0. The maximum Gasteiger partial charge on any atom is 0.0705 e. The monoisotopic (exact) mass is 210 g/mol. The van der Waals surface area contributed by atoms with Gasteiger partial charge >= 0.3 is 0 Å². The number of aromatic nitrogens is 1. The Hall–Kier alpha value is -1.96. The van der Waals surface area contributed by atoms with Crippen molar-refractivity contribution in [3.05, 3.63) is 48.5 Å². The first kappa shape index (κ1) is 9.28. The minimum atomic E-state index is 0.919. The van der Waals surface area contributed by atoms with Crippen LogP contribution in [-0.4, -0.2) is 11.2 Å². The van der Waals surface area contributed by atoms with E-state index in [0.717, 1.165) is 6.54 Å². The number of nitrogens with zero attached hydrogens (tertiary/aromatic N) is 1. The molecule has 1 aromatic heterocycles. The predicted molar refractivity (Wildman–Crippen MR) is 69.3 cm³/mol. The number of para-hydroxylation sites is 2. The van der Waals surface area contributed by atoms with Gasteiger partial charge in [0, 0.05) is 17.3 Å². The molecule has 2 aromatic carbocycles. The van der Waals surface area contributed by atoms with Gasteiger partial charge in [0.2, 0.25) is 0 Å². The predicted octanol–water partition coefficient (Wildman–Crippen LogP) is 3.36. The lowest BCUT2D eigenvalue weighted by Gasteiger charge is -2.07. The van der Waals surface area contributed by atoms with Crippen molar-refractivity contribution in [2.75, 3.05) is 12.0 Å². The van der Waals surface area contributed by atoms with Crippen molar-refractivity contribution in [2.24, 2.45) is 0 Å². The number of rotatable bonds is 2. The molecule has 1 N–H and O–H groups in total. The van der Waals surface area contributed by atoms with Gasteiger partial charge in [-0.15, -0.1) is 0 Å². The molecule has 0 atom stereocenters. The van der Waals surface area contributed by atoms with E-state index in [-0.39, 0.29) is 0 Å². The number of hydrogen-bond donors (Lipinski definition) is 1. The smallest absolute Gasteiger partial charge is 0.0705 e. The lowest BCUT2D eigenvalue weighted by atomic mass is 10.2. The average Bonchev–Trinajstić information content (AvgIpc) is 2.66. The van der Waals surface area contributed by atoms with Crippen molar-refractivity contribution in [3.63, 3.8) is 0 Å². The molecular formula is C14H14N2. The molecule has 0 aliphatic rings. The third-order valence-corrected chi connectivity index (χ3v) is 2.90. The zero-order valence-electron chi connectivity index (χ0n) is 9.27. The van der Waals surface area contributed by atoms with Gasteiger partial charge in [-0.1, -0.05) is 36.4 Å². The molecule has 2 nitrogen and oxygen atoms in total. The summed E-state index contributed by atoms with van der Waals surface area (Å²) in [4.78, 5) is 0. The van der Waals surface area contributed by atoms with Crippen LogP contribution in [0.1, 0.15) is 6.92 Å². The Balaban J connectivity index is 2.49. The molecule has 0 aliphatic carbocycles. The molecule has 2 heteroatoms. The lowest BCUT2D eigenvalue weighted by Crippen LogP contribution is -2.12. The van der Waals surface area contributed by atoms with Crippen LogP contribution in [0.4, 0.5) is 0 Å². The second-order valence-electron chi connectivity index (χ2n) is 3.88. The highest BCUT2D eigenvalue weighted by Crippen LogP contribution is 2.27. The summed E-state index contributed by atoms with van der Waals surface area (Å²) < 4.78 is 2.17. The van der Waals surface area contributed by atoms with Crippen LogP contribution in [0.3, 0.4) is 0 Å². The highest BCUT2D eigenvalue weighted by Gasteiger charge is 2.07. The van der Waals surface area contributed by atoms with E-state index in [1.807, 2.05) is 0 Å². The lowest BCUT2D eigenvalue weighted by molar-refractivity contribution is 0.931. The quantitative estimate of drug-likeness (QED) is 0.686. The van der Waals surface area contributed by atoms with E-state index in [4.69, 9.17) is 0 Å². The van der Waals surface area contributed by atoms with Crippen molar-refractivity contribution in [1.82, 2.24) is 4.68 Å². The van der Waals surface area contributed by atoms with Gasteiger partial charge in [0.1, 0.15) is 0 Å². The first-order valence-corrected chi connectivity index (χ1v) is 5.64. The molecule has 16 heavy (non-hydrogen) atoms. The molecule has 80 valence electrons. The van der Waals surface area contributed by atoms with Gasteiger partial charge in [0.05, 0.1) is 11.0 Å². The Morgan fingerprint density at radius 1 is 0.875 bits per heavy atom. The fourth-order valence-electron chi connectivity index (χ4n) is 2.25. The average molecular weight is 210 g/mol. The minimum Gasteiger partial charge on any atom is -0.326 e. The third-order valence-electron chi connectivity index (χ3n) is 2.90. The number of benzene rings is 2. The Bertz CT molecular complexity index is 584. The van der Waals surface area contributed by atoms with Gasteiger partial charge < -0.3 is 5.43 Å². The van der Waals surface area contributed by atoms with Crippen molar-refractivity contribution < 1.29 is 0 Å². The second-order valence-corrected chi connectivity index (χ2v) is 3.88. The summed E-state index contributed by atoms with van der Waals surface area (Å²) in [6, 6.07) is 17.0. The van der Waals surface area contributed by atoms with Gasteiger partial charge in [-0.05, 0) is 19.1 Å². The van der Waals surface area contributed by atoms with Crippen molar-refractivity contribution in [1.29, 1.82) is 0 Å². The summed E-state index contributed by atoms with van der Waals surface area (Å²) in [5.41, 5.74) is 5.87. The van der Waals surface area contributed by atoms with Crippen LogP contribution in [-0.2, 0) is 0 Å². The molecule has 0 spiro atoms. The molecule has 0 radical (unpaired) electrons. The summed E-state index contributed by atoms with van der Waals surface area (Å²) >= 11 is 0. The summed E-state index contributed by atoms with van der Waals surface area (Å²) in [6.45, 7) is 3.03. The van der Waals surface area contributed by atoms with Gasteiger partial charge in [0.25, 0.3) is 0 Å². The highest BCUT2D eigenvalue weighted by molar-refractivity contribution is 6.08. The second kappa shape index (κ2) is 3.56. The van der Waals surface area contributed by atoms with E-state index in [1.165, 1.54) is 21.8 Å². The van der Waals surface area contributed by atoms with Crippen LogP contribution < -0.4 is 5.43 Å². The van der Waals surface area contributed by atoms with E-state index in [0.29, 0.717) is 0 Å². The molecule has 3 aromatic rings. The topological polar surface area (TPSA) is 17.0 Å². The van der Waals surface area contributed by atoms with E-state index in [2.05, 4.69) is 65.6 Å². The molecule has 1 heterocycles. The summed E-state index contributed by atoms with van der Waals surface area (Å²) in [5.74, 6) is 0. The molecule has 0 aliphatic heterocycles. The standard InChI is InChI=1S/C14H14N2/c1-2-15-16-13-9-5-3-7-11(13)12-8-4-6-10-14(12)16/h3-10,15H,2H2,1H3. The molecule has 0 unspecified atom stereocenters.